The summed E-state index contributed by atoms with van der Waals surface area (Å²) < 4.78 is 12.5. The van der Waals surface area contributed by atoms with Gasteiger partial charge in [-0.1, -0.05) is 12.1 Å². The van der Waals surface area contributed by atoms with Gasteiger partial charge in [-0.2, -0.15) is 0 Å². The number of aliphatic hydroxyl groups is 1. The second kappa shape index (κ2) is 8.79. The van der Waals surface area contributed by atoms with Crippen LogP contribution in [0.25, 0.3) is 0 Å². The molecular formula is C25H25N5O5. The molecule has 5 heterocycles. The Morgan fingerprint density at radius 1 is 1.11 bits per heavy atom. The normalized spacial score (nSPS) is 24.3. The summed E-state index contributed by atoms with van der Waals surface area (Å²) in [5, 5.41) is 13.5. The van der Waals surface area contributed by atoms with Gasteiger partial charge in [0.2, 0.25) is 12.7 Å². The lowest BCUT2D eigenvalue weighted by Crippen LogP contribution is -2.45. The van der Waals surface area contributed by atoms with Crippen LogP contribution in [0.2, 0.25) is 0 Å². The highest BCUT2D eigenvalue weighted by molar-refractivity contribution is 5.80. The van der Waals surface area contributed by atoms with E-state index >= 15 is 0 Å². The number of amides is 1. The van der Waals surface area contributed by atoms with E-state index < -0.39 is 5.92 Å². The Hall–Kier alpha value is -3.76. The summed E-state index contributed by atoms with van der Waals surface area (Å²) in [6, 6.07) is 10.2. The van der Waals surface area contributed by atoms with Gasteiger partial charge >= 0.3 is 0 Å². The molecule has 6 rings (SSSR count). The third-order valence-electron chi connectivity index (χ3n) is 7.23. The van der Waals surface area contributed by atoms with Crippen molar-refractivity contribution in [2.45, 2.75) is 31.7 Å². The van der Waals surface area contributed by atoms with Gasteiger partial charge in [0.15, 0.2) is 11.5 Å². The first-order valence-corrected chi connectivity index (χ1v) is 11.6. The number of aromatic nitrogens is 3. The zero-order chi connectivity index (χ0) is 23.9. The molecule has 0 unspecified atom stereocenters. The maximum atomic E-state index is 13.6. The minimum Gasteiger partial charge on any atom is -0.454 e. The lowest BCUT2D eigenvalue weighted by Gasteiger charge is -2.38. The van der Waals surface area contributed by atoms with E-state index in [0.717, 1.165) is 16.8 Å². The fourth-order valence-electron chi connectivity index (χ4n) is 5.67. The number of hydrogen-bond donors (Lipinski definition) is 2. The number of fused-ring (bicyclic) bond motifs is 5. The monoisotopic (exact) mass is 475 g/mol. The van der Waals surface area contributed by atoms with Crippen molar-refractivity contribution in [2.75, 3.05) is 13.4 Å². The van der Waals surface area contributed by atoms with Crippen molar-refractivity contribution in [1.82, 2.24) is 24.8 Å². The zero-order valence-corrected chi connectivity index (χ0v) is 18.9. The first-order valence-electron chi connectivity index (χ1n) is 11.6. The van der Waals surface area contributed by atoms with Crippen LogP contribution in [0, 0.1) is 11.8 Å². The molecule has 35 heavy (non-hydrogen) atoms. The summed E-state index contributed by atoms with van der Waals surface area (Å²) in [5.74, 6) is 0.326. The van der Waals surface area contributed by atoms with Crippen LogP contribution in [-0.2, 0) is 24.4 Å². The molecule has 2 aromatic heterocycles. The van der Waals surface area contributed by atoms with Crippen LogP contribution in [0.3, 0.4) is 0 Å². The van der Waals surface area contributed by atoms with Gasteiger partial charge in [0.05, 0.1) is 12.0 Å². The van der Waals surface area contributed by atoms with Crippen LogP contribution in [-0.4, -0.2) is 49.9 Å². The van der Waals surface area contributed by atoms with Crippen LogP contribution in [0.15, 0.2) is 59.9 Å². The topological polar surface area (TPSA) is 119 Å². The molecule has 0 radical (unpaired) electrons. The Bertz CT molecular complexity index is 1310. The fraction of sp³-hybridized carbons (Fsp3) is 0.360. The lowest BCUT2D eigenvalue weighted by atomic mass is 9.86. The Kier molecular flexibility index (Phi) is 5.46. The van der Waals surface area contributed by atoms with Crippen molar-refractivity contribution >= 4 is 5.91 Å². The summed E-state index contributed by atoms with van der Waals surface area (Å²) in [6.07, 6.45) is 4.98. The molecule has 3 aliphatic rings. The summed E-state index contributed by atoms with van der Waals surface area (Å²) in [4.78, 5) is 36.7. The molecule has 2 N–H and O–H groups in total. The van der Waals surface area contributed by atoms with Crippen LogP contribution in [0.5, 0.6) is 11.5 Å². The number of benzene rings is 1. The predicted octanol–water partition coefficient (Wildman–Crippen LogP) is 0.847. The molecule has 0 spiro atoms. The quantitative estimate of drug-likeness (QED) is 0.539. The number of aliphatic hydroxyl groups excluding tert-OH is 1. The standard InChI is InChI=1S/C25H25N5O5/c31-12-17-19-11-29-18(2-1-3-22(29)32)24(30(19)10-16-7-26-13-27-8-16)23(17)25(33)28-9-15-4-5-20-21(6-15)35-14-34-20/h1-8,13,17,19,23-24,31H,9-12,14H2,(H,28,33)/t17-,19-,23+,24+/m1/s1. The highest BCUT2D eigenvalue weighted by atomic mass is 16.7. The third-order valence-corrected chi connectivity index (χ3v) is 7.23. The van der Waals surface area contributed by atoms with E-state index in [-0.39, 0.29) is 42.9 Å². The van der Waals surface area contributed by atoms with E-state index in [1.807, 2.05) is 24.3 Å². The Balaban J connectivity index is 1.31. The van der Waals surface area contributed by atoms with Gasteiger partial charge in [0, 0.05) is 67.9 Å². The van der Waals surface area contributed by atoms with Crippen molar-refractivity contribution in [2.24, 2.45) is 11.8 Å². The second-order valence-corrected chi connectivity index (χ2v) is 9.11. The first kappa shape index (κ1) is 21.8. The number of pyridine rings is 1. The average Bonchev–Trinajstić information content (AvgIpc) is 3.42. The number of carbonyl (C=O) groups is 1. The summed E-state index contributed by atoms with van der Waals surface area (Å²) >= 11 is 0. The molecule has 10 heteroatoms. The van der Waals surface area contributed by atoms with Crippen LogP contribution >= 0.6 is 0 Å². The Morgan fingerprint density at radius 3 is 2.77 bits per heavy atom. The van der Waals surface area contributed by atoms with Gasteiger partial charge in [-0.3, -0.25) is 14.5 Å². The van der Waals surface area contributed by atoms with Gasteiger partial charge in [-0.05, 0) is 23.8 Å². The van der Waals surface area contributed by atoms with Gasteiger partial charge in [0.1, 0.15) is 6.33 Å². The van der Waals surface area contributed by atoms with Gasteiger partial charge in [0.25, 0.3) is 5.56 Å². The number of nitrogens with one attached hydrogen (secondary N) is 1. The van der Waals surface area contributed by atoms with E-state index in [1.165, 1.54) is 12.4 Å². The molecule has 180 valence electrons. The molecular weight excluding hydrogens is 450 g/mol. The molecule has 1 aromatic carbocycles. The SMILES string of the molecule is O=C(NCc1ccc2c(c1)OCO2)[C@H]1[C@H](CO)[C@H]2Cn3c(cccc3=O)[C@@H]1N2Cc1cncnc1. The number of hydrogen-bond acceptors (Lipinski definition) is 8. The smallest absolute Gasteiger partial charge is 0.250 e. The van der Waals surface area contributed by atoms with E-state index in [2.05, 4.69) is 20.2 Å². The van der Waals surface area contributed by atoms with Gasteiger partial charge in [-0.15, -0.1) is 0 Å². The van der Waals surface area contributed by atoms with Crippen molar-refractivity contribution in [3.63, 3.8) is 0 Å². The zero-order valence-electron chi connectivity index (χ0n) is 18.9. The van der Waals surface area contributed by atoms with Crippen LogP contribution < -0.4 is 20.3 Å². The van der Waals surface area contributed by atoms with E-state index in [0.29, 0.717) is 31.1 Å². The first-order chi connectivity index (χ1) is 17.1. The largest absolute Gasteiger partial charge is 0.454 e. The molecule has 0 aliphatic carbocycles. The molecule has 3 aromatic rings. The molecule has 1 saturated heterocycles. The summed E-state index contributed by atoms with van der Waals surface area (Å²) in [7, 11) is 0. The van der Waals surface area contributed by atoms with E-state index in [1.54, 1.807) is 23.0 Å². The summed E-state index contributed by atoms with van der Waals surface area (Å²) in [5.41, 5.74) is 2.48. The Labute approximate surface area is 201 Å². The summed E-state index contributed by atoms with van der Waals surface area (Å²) in [6.45, 7) is 1.27. The minimum atomic E-state index is -0.529. The third kappa shape index (κ3) is 3.75. The minimum absolute atomic E-state index is 0.0988. The van der Waals surface area contributed by atoms with Crippen LogP contribution in [0.4, 0.5) is 0 Å². The number of carbonyl (C=O) groups excluding carboxylic acids is 1. The number of ether oxygens (including phenoxy) is 2. The van der Waals surface area contributed by atoms with Crippen molar-refractivity contribution in [3.05, 3.63) is 82.3 Å². The molecule has 3 aliphatic heterocycles. The lowest BCUT2D eigenvalue weighted by molar-refractivity contribution is -0.127. The van der Waals surface area contributed by atoms with Gasteiger partial charge < -0.3 is 24.5 Å². The molecule has 1 amide bonds. The predicted molar refractivity (Wildman–Crippen MR) is 123 cm³/mol. The average molecular weight is 476 g/mol. The van der Waals surface area contributed by atoms with Gasteiger partial charge in [-0.25, -0.2) is 9.97 Å². The molecule has 2 bridgehead atoms. The molecule has 10 nitrogen and oxygen atoms in total. The maximum absolute atomic E-state index is 13.6. The second-order valence-electron chi connectivity index (χ2n) is 9.11. The van der Waals surface area contributed by atoms with E-state index in [9.17, 15) is 14.7 Å². The van der Waals surface area contributed by atoms with Crippen molar-refractivity contribution in [1.29, 1.82) is 0 Å². The maximum Gasteiger partial charge on any atom is 0.250 e. The van der Waals surface area contributed by atoms with E-state index in [4.69, 9.17) is 9.47 Å². The highest BCUT2D eigenvalue weighted by Crippen LogP contribution is 2.48. The fourth-order valence-corrected chi connectivity index (χ4v) is 5.67. The Morgan fingerprint density at radius 2 is 1.94 bits per heavy atom. The number of nitrogens with zero attached hydrogens (tertiary/aromatic N) is 4. The molecule has 1 fully saturated rings. The van der Waals surface area contributed by atoms with Crippen molar-refractivity contribution in [3.8, 4) is 11.5 Å². The molecule has 0 saturated carbocycles. The molecule has 4 atom stereocenters. The van der Waals surface area contributed by atoms with Crippen molar-refractivity contribution < 1.29 is 19.4 Å². The number of rotatable bonds is 6. The van der Waals surface area contributed by atoms with Crippen LogP contribution in [0.1, 0.15) is 22.9 Å². The highest BCUT2D eigenvalue weighted by Gasteiger charge is 2.55.